The van der Waals surface area contributed by atoms with Crippen molar-refractivity contribution in [3.05, 3.63) is 35.9 Å². The Bertz CT molecular complexity index is 749. The zero-order chi connectivity index (χ0) is 20.8. The standard InChI is InChI=1S/C17H25F3N4O3S/c1-21-16(22-12-15(27-2)13-6-4-3-5-7-13)23-14-8-10-24(11-9-14)28(25,26)17(18,19)20/h3-7,14-15H,8-12H2,1-2H3,(H2,21,22,23). The van der Waals surface area contributed by atoms with Crippen LogP contribution in [0.25, 0.3) is 0 Å². The van der Waals surface area contributed by atoms with Crippen LogP contribution in [0.5, 0.6) is 0 Å². The summed E-state index contributed by atoms with van der Waals surface area (Å²) in [6.07, 6.45) is 0.309. The van der Waals surface area contributed by atoms with Crippen molar-refractivity contribution in [3.63, 3.8) is 0 Å². The van der Waals surface area contributed by atoms with E-state index in [-0.39, 0.29) is 38.1 Å². The predicted octanol–water partition coefficient (Wildman–Crippen LogP) is 1.85. The molecule has 11 heteroatoms. The predicted molar refractivity (Wildman–Crippen MR) is 100 cm³/mol. The molecular formula is C17H25F3N4O3S. The normalized spacial score (nSPS) is 18.7. The van der Waals surface area contributed by atoms with Crippen molar-refractivity contribution in [2.45, 2.75) is 30.5 Å². The highest BCUT2D eigenvalue weighted by atomic mass is 32.2. The van der Waals surface area contributed by atoms with Crippen LogP contribution in [-0.2, 0) is 14.8 Å². The monoisotopic (exact) mass is 422 g/mol. The first-order chi connectivity index (χ1) is 13.2. The topological polar surface area (TPSA) is 83.0 Å². The average molecular weight is 422 g/mol. The first-order valence-corrected chi connectivity index (χ1v) is 10.2. The Morgan fingerprint density at radius 2 is 1.89 bits per heavy atom. The van der Waals surface area contributed by atoms with E-state index in [1.807, 2.05) is 30.3 Å². The van der Waals surface area contributed by atoms with Crippen LogP contribution in [0.4, 0.5) is 13.2 Å². The first-order valence-electron chi connectivity index (χ1n) is 8.80. The molecule has 0 amide bonds. The molecule has 158 valence electrons. The smallest absolute Gasteiger partial charge is 0.375 e. The maximum absolute atomic E-state index is 12.6. The SMILES string of the molecule is CN=C(NCC(OC)c1ccccc1)NC1CCN(S(=O)(=O)C(F)(F)F)CC1. The molecule has 1 heterocycles. The third kappa shape index (κ3) is 5.58. The quantitative estimate of drug-likeness (QED) is 0.540. The van der Waals surface area contributed by atoms with E-state index < -0.39 is 15.5 Å². The summed E-state index contributed by atoms with van der Waals surface area (Å²) in [6.45, 7) is 0.0594. The maximum Gasteiger partial charge on any atom is 0.511 e. The van der Waals surface area contributed by atoms with Crippen molar-refractivity contribution in [3.8, 4) is 0 Å². The zero-order valence-electron chi connectivity index (χ0n) is 15.7. The van der Waals surface area contributed by atoms with Gasteiger partial charge >= 0.3 is 15.5 Å². The molecule has 2 rings (SSSR count). The van der Waals surface area contributed by atoms with Gasteiger partial charge in [-0.3, -0.25) is 4.99 Å². The number of methoxy groups -OCH3 is 1. The molecule has 7 nitrogen and oxygen atoms in total. The van der Waals surface area contributed by atoms with Gasteiger partial charge in [0.05, 0.1) is 6.10 Å². The fourth-order valence-electron chi connectivity index (χ4n) is 2.97. The van der Waals surface area contributed by atoms with Gasteiger partial charge in [-0.15, -0.1) is 0 Å². The minimum atomic E-state index is -5.27. The Kier molecular flexibility index (Phi) is 7.67. The second-order valence-electron chi connectivity index (χ2n) is 6.36. The average Bonchev–Trinajstić information content (AvgIpc) is 2.68. The first kappa shape index (κ1) is 22.4. The number of rotatable bonds is 6. The molecule has 0 spiro atoms. The number of aliphatic imine (C=N–C) groups is 1. The van der Waals surface area contributed by atoms with E-state index in [0.717, 1.165) is 5.56 Å². The molecular weight excluding hydrogens is 397 g/mol. The minimum absolute atomic E-state index is 0.177. The van der Waals surface area contributed by atoms with Gasteiger partial charge in [-0.2, -0.15) is 17.5 Å². The highest BCUT2D eigenvalue weighted by molar-refractivity contribution is 7.90. The second kappa shape index (κ2) is 9.57. The Morgan fingerprint density at radius 1 is 1.29 bits per heavy atom. The zero-order valence-corrected chi connectivity index (χ0v) is 16.6. The van der Waals surface area contributed by atoms with Gasteiger partial charge in [0, 0.05) is 39.8 Å². The van der Waals surface area contributed by atoms with Crippen LogP contribution in [0.1, 0.15) is 24.5 Å². The molecule has 1 aliphatic heterocycles. The molecule has 2 N–H and O–H groups in total. The molecule has 1 saturated heterocycles. The molecule has 1 fully saturated rings. The highest BCUT2D eigenvalue weighted by Crippen LogP contribution is 2.28. The summed E-state index contributed by atoms with van der Waals surface area (Å²) in [6, 6.07) is 9.46. The Balaban J connectivity index is 1.86. The summed E-state index contributed by atoms with van der Waals surface area (Å²) in [4.78, 5) is 4.12. The molecule has 0 aliphatic carbocycles. The summed E-state index contributed by atoms with van der Waals surface area (Å²) in [5.74, 6) is 0.482. The van der Waals surface area contributed by atoms with Gasteiger partial charge in [0.15, 0.2) is 5.96 Å². The molecule has 1 aliphatic rings. The second-order valence-corrected chi connectivity index (χ2v) is 8.29. The lowest BCUT2D eigenvalue weighted by atomic mass is 10.1. The van der Waals surface area contributed by atoms with Crippen LogP contribution >= 0.6 is 0 Å². The summed E-state index contributed by atoms with van der Waals surface area (Å²) in [5, 5.41) is 6.26. The number of sulfonamides is 1. The number of nitrogens with one attached hydrogen (secondary N) is 2. The van der Waals surface area contributed by atoms with Gasteiger partial charge < -0.3 is 15.4 Å². The van der Waals surface area contributed by atoms with Crippen LogP contribution < -0.4 is 10.6 Å². The van der Waals surface area contributed by atoms with E-state index in [1.165, 1.54) is 0 Å². The Morgan fingerprint density at radius 3 is 2.39 bits per heavy atom. The molecule has 1 aromatic carbocycles. The summed E-state index contributed by atoms with van der Waals surface area (Å²) >= 11 is 0. The van der Waals surface area contributed by atoms with Gasteiger partial charge in [0.2, 0.25) is 0 Å². The lowest BCUT2D eigenvalue weighted by Gasteiger charge is -2.32. The van der Waals surface area contributed by atoms with Crippen LogP contribution in [0.3, 0.4) is 0 Å². The molecule has 0 radical (unpaired) electrons. The molecule has 1 unspecified atom stereocenters. The number of halogens is 3. The fraction of sp³-hybridized carbons (Fsp3) is 0.588. The lowest BCUT2D eigenvalue weighted by Crippen LogP contribution is -2.52. The molecule has 1 atom stereocenters. The molecule has 28 heavy (non-hydrogen) atoms. The fourth-order valence-corrected chi connectivity index (χ4v) is 3.95. The van der Waals surface area contributed by atoms with Crippen LogP contribution in [0.15, 0.2) is 35.3 Å². The summed E-state index contributed by atoms with van der Waals surface area (Å²) < 4.78 is 66.8. The number of ether oxygens (including phenoxy) is 1. The number of piperidine rings is 1. The van der Waals surface area contributed by atoms with Gasteiger partial charge in [-0.05, 0) is 18.4 Å². The van der Waals surface area contributed by atoms with E-state index in [4.69, 9.17) is 4.74 Å². The maximum atomic E-state index is 12.6. The van der Waals surface area contributed by atoms with Crippen molar-refractivity contribution < 1.29 is 26.3 Å². The van der Waals surface area contributed by atoms with Gasteiger partial charge in [0.25, 0.3) is 0 Å². The summed E-state index contributed by atoms with van der Waals surface area (Å²) in [7, 11) is -2.08. The van der Waals surface area contributed by atoms with E-state index in [9.17, 15) is 21.6 Å². The number of benzene rings is 1. The third-order valence-electron chi connectivity index (χ3n) is 4.56. The largest absolute Gasteiger partial charge is 0.511 e. The summed E-state index contributed by atoms with van der Waals surface area (Å²) in [5.41, 5.74) is -4.27. The molecule has 1 aromatic rings. The molecule has 0 bridgehead atoms. The van der Waals surface area contributed by atoms with Crippen LogP contribution in [0.2, 0.25) is 0 Å². The number of guanidine groups is 1. The van der Waals surface area contributed by atoms with Crippen molar-refractivity contribution in [1.82, 2.24) is 14.9 Å². The Labute approximate surface area is 163 Å². The van der Waals surface area contributed by atoms with Gasteiger partial charge in [-0.25, -0.2) is 8.42 Å². The number of nitrogens with zero attached hydrogens (tertiary/aromatic N) is 2. The van der Waals surface area contributed by atoms with E-state index in [0.29, 0.717) is 16.8 Å². The number of hydrogen-bond acceptors (Lipinski definition) is 4. The van der Waals surface area contributed by atoms with Crippen molar-refractivity contribution in [1.29, 1.82) is 0 Å². The minimum Gasteiger partial charge on any atom is -0.375 e. The van der Waals surface area contributed by atoms with E-state index in [2.05, 4.69) is 15.6 Å². The third-order valence-corrected chi connectivity index (χ3v) is 6.19. The number of alkyl halides is 3. The van der Waals surface area contributed by atoms with Crippen LogP contribution in [0, 0.1) is 0 Å². The Hall–Kier alpha value is -1.85. The van der Waals surface area contributed by atoms with Gasteiger partial charge in [-0.1, -0.05) is 30.3 Å². The molecule has 0 aromatic heterocycles. The number of hydrogen-bond donors (Lipinski definition) is 2. The lowest BCUT2D eigenvalue weighted by molar-refractivity contribution is -0.0494. The van der Waals surface area contributed by atoms with E-state index >= 15 is 0 Å². The van der Waals surface area contributed by atoms with Crippen molar-refractivity contribution in [2.75, 3.05) is 33.8 Å². The van der Waals surface area contributed by atoms with Gasteiger partial charge in [0.1, 0.15) is 0 Å². The van der Waals surface area contributed by atoms with Crippen molar-refractivity contribution >= 4 is 16.0 Å². The van der Waals surface area contributed by atoms with E-state index in [1.54, 1.807) is 14.2 Å². The van der Waals surface area contributed by atoms with Crippen molar-refractivity contribution in [2.24, 2.45) is 4.99 Å². The highest BCUT2D eigenvalue weighted by Gasteiger charge is 2.50. The molecule has 0 saturated carbocycles. The van der Waals surface area contributed by atoms with Crippen LogP contribution in [-0.4, -0.2) is 64.0 Å².